The first-order valence-electron chi connectivity index (χ1n) is 7.48. The van der Waals surface area contributed by atoms with E-state index in [1.165, 1.54) is 36.0 Å². The van der Waals surface area contributed by atoms with Gasteiger partial charge in [-0.05, 0) is 42.8 Å². The van der Waals surface area contributed by atoms with Gasteiger partial charge in [0.1, 0.15) is 6.33 Å². The Balaban J connectivity index is 2.00. The minimum absolute atomic E-state index is 0.0252. The van der Waals surface area contributed by atoms with Crippen molar-refractivity contribution in [2.75, 3.05) is 4.72 Å². The van der Waals surface area contributed by atoms with Crippen molar-refractivity contribution in [1.29, 1.82) is 0 Å². The van der Waals surface area contributed by atoms with Gasteiger partial charge in [0, 0.05) is 0 Å². The van der Waals surface area contributed by atoms with Crippen LogP contribution in [0.5, 0.6) is 0 Å². The zero-order valence-electron chi connectivity index (χ0n) is 13.8. The molecule has 27 heavy (non-hydrogen) atoms. The number of halogens is 1. The summed E-state index contributed by atoms with van der Waals surface area (Å²) in [5.41, 5.74) is 0.110. The number of sulfonamides is 1. The summed E-state index contributed by atoms with van der Waals surface area (Å²) in [4.78, 5) is 22.7. The van der Waals surface area contributed by atoms with E-state index in [1.807, 2.05) is 0 Å². The SMILES string of the molecule is Cc1cc(S(=O)(=O)Nc2cccc(-n3cn[nH]c3=O)c2)cc(C(=O)O)c1Cl. The van der Waals surface area contributed by atoms with Crippen molar-refractivity contribution in [2.24, 2.45) is 0 Å². The number of nitrogens with zero attached hydrogens (tertiary/aromatic N) is 2. The molecule has 1 heterocycles. The number of benzene rings is 2. The van der Waals surface area contributed by atoms with Gasteiger partial charge in [0.2, 0.25) is 0 Å². The number of rotatable bonds is 5. The van der Waals surface area contributed by atoms with Crippen molar-refractivity contribution in [3.05, 3.63) is 69.4 Å². The third-order valence-corrected chi connectivity index (χ3v) is 5.56. The van der Waals surface area contributed by atoms with Crippen LogP contribution in [0.25, 0.3) is 5.69 Å². The molecule has 0 unspecified atom stereocenters. The summed E-state index contributed by atoms with van der Waals surface area (Å²) < 4.78 is 28.9. The standard InChI is InChI=1S/C16H13ClN4O5S/c1-9-5-12(7-13(14(9)17)15(22)23)27(25,26)20-10-3-2-4-11(6-10)21-8-18-19-16(21)24/h2-8,20H,1H3,(H,19,24)(H,22,23). The Morgan fingerprint density at radius 1 is 1.30 bits per heavy atom. The molecule has 0 atom stereocenters. The molecule has 0 aliphatic heterocycles. The predicted octanol–water partition coefficient (Wildman–Crippen LogP) is 2.02. The number of H-pyrrole nitrogens is 1. The highest BCUT2D eigenvalue weighted by Crippen LogP contribution is 2.26. The van der Waals surface area contributed by atoms with Crippen LogP contribution in [-0.4, -0.2) is 34.3 Å². The fourth-order valence-electron chi connectivity index (χ4n) is 2.41. The van der Waals surface area contributed by atoms with Crippen molar-refractivity contribution >= 4 is 33.3 Å². The van der Waals surface area contributed by atoms with Crippen LogP contribution in [0.1, 0.15) is 15.9 Å². The number of aromatic carboxylic acids is 1. The molecule has 0 radical (unpaired) electrons. The van der Waals surface area contributed by atoms with Gasteiger partial charge in [-0.1, -0.05) is 17.7 Å². The van der Waals surface area contributed by atoms with Crippen molar-refractivity contribution in [2.45, 2.75) is 11.8 Å². The first-order chi connectivity index (χ1) is 12.7. The monoisotopic (exact) mass is 408 g/mol. The molecule has 2 aromatic carbocycles. The van der Waals surface area contributed by atoms with Gasteiger partial charge in [-0.3, -0.25) is 4.72 Å². The van der Waals surface area contributed by atoms with Crippen LogP contribution in [0.15, 0.2) is 52.4 Å². The Morgan fingerprint density at radius 3 is 2.67 bits per heavy atom. The number of aromatic nitrogens is 3. The lowest BCUT2D eigenvalue weighted by Crippen LogP contribution is -2.16. The van der Waals surface area contributed by atoms with E-state index in [1.54, 1.807) is 12.1 Å². The maximum atomic E-state index is 12.7. The molecule has 0 spiro atoms. The van der Waals surface area contributed by atoms with E-state index in [-0.39, 0.29) is 21.2 Å². The molecule has 3 aromatic rings. The Kier molecular flexibility index (Phi) is 4.77. The number of carboxylic acid groups (broad SMARTS) is 1. The van der Waals surface area contributed by atoms with Crippen molar-refractivity contribution in [1.82, 2.24) is 14.8 Å². The molecule has 0 aliphatic carbocycles. The number of carboxylic acids is 1. The Hall–Kier alpha value is -3.11. The second-order valence-electron chi connectivity index (χ2n) is 5.59. The number of hydrogen-bond acceptors (Lipinski definition) is 5. The zero-order valence-corrected chi connectivity index (χ0v) is 15.4. The van der Waals surface area contributed by atoms with E-state index in [9.17, 15) is 23.1 Å². The lowest BCUT2D eigenvalue weighted by Gasteiger charge is -2.12. The largest absolute Gasteiger partial charge is 0.478 e. The molecule has 0 bridgehead atoms. The summed E-state index contributed by atoms with van der Waals surface area (Å²) in [6, 6.07) is 8.36. The van der Waals surface area contributed by atoms with Crippen LogP contribution < -0.4 is 10.4 Å². The smallest absolute Gasteiger partial charge is 0.347 e. The van der Waals surface area contributed by atoms with E-state index < -0.39 is 21.7 Å². The second-order valence-corrected chi connectivity index (χ2v) is 7.65. The van der Waals surface area contributed by atoms with Gasteiger partial charge in [-0.2, -0.15) is 5.10 Å². The van der Waals surface area contributed by atoms with Gasteiger partial charge in [-0.15, -0.1) is 0 Å². The van der Waals surface area contributed by atoms with Gasteiger partial charge in [0.15, 0.2) is 0 Å². The number of hydrogen-bond donors (Lipinski definition) is 3. The summed E-state index contributed by atoms with van der Waals surface area (Å²) >= 11 is 5.93. The molecular formula is C16H13ClN4O5S. The highest BCUT2D eigenvalue weighted by atomic mass is 35.5. The minimum Gasteiger partial charge on any atom is -0.478 e. The summed E-state index contributed by atoms with van der Waals surface area (Å²) in [7, 11) is -4.09. The molecule has 11 heteroatoms. The van der Waals surface area contributed by atoms with Gasteiger partial charge < -0.3 is 5.11 Å². The molecule has 0 saturated carbocycles. The lowest BCUT2D eigenvalue weighted by atomic mass is 10.1. The molecule has 0 aliphatic rings. The van der Waals surface area contributed by atoms with Gasteiger partial charge in [-0.25, -0.2) is 27.7 Å². The minimum atomic E-state index is -4.09. The number of anilines is 1. The quantitative estimate of drug-likeness (QED) is 0.591. The summed E-state index contributed by atoms with van der Waals surface area (Å²) in [5, 5.41) is 15.0. The zero-order chi connectivity index (χ0) is 19.8. The molecule has 0 fully saturated rings. The molecule has 9 nitrogen and oxygen atoms in total. The predicted molar refractivity (Wildman–Crippen MR) is 98.1 cm³/mol. The maximum Gasteiger partial charge on any atom is 0.347 e. The molecule has 3 rings (SSSR count). The van der Waals surface area contributed by atoms with Crippen LogP contribution in [0.4, 0.5) is 5.69 Å². The van der Waals surface area contributed by atoms with E-state index in [0.29, 0.717) is 11.3 Å². The number of aryl methyl sites for hydroxylation is 1. The third kappa shape index (κ3) is 3.71. The van der Waals surface area contributed by atoms with E-state index in [4.69, 9.17) is 11.6 Å². The normalized spacial score (nSPS) is 11.3. The Bertz CT molecular complexity index is 1200. The van der Waals surface area contributed by atoms with E-state index in [0.717, 1.165) is 6.07 Å². The number of nitrogens with one attached hydrogen (secondary N) is 2. The molecule has 3 N–H and O–H groups in total. The third-order valence-electron chi connectivity index (χ3n) is 3.70. The first-order valence-corrected chi connectivity index (χ1v) is 9.34. The van der Waals surface area contributed by atoms with Gasteiger partial charge >= 0.3 is 11.7 Å². The summed E-state index contributed by atoms with van der Waals surface area (Å²) in [5.74, 6) is -1.33. The fraction of sp³-hybridized carbons (Fsp3) is 0.0625. The average molecular weight is 409 g/mol. The fourth-order valence-corrected chi connectivity index (χ4v) is 3.76. The average Bonchev–Trinajstić information content (AvgIpc) is 3.02. The summed E-state index contributed by atoms with van der Waals surface area (Å²) in [6.07, 6.45) is 1.26. The molecule has 1 aromatic heterocycles. The highest BCUT2D eigenvalue weighted by molar-refractivity contribution is 7.92. The van der Waals surface area contributed by atoms with Gasteiger partial charge in [0.25, 0.3) is 10.0 Å². The highest BCUT2D eigenvalue weighted by Gasteiger charge is 2.20. The van der Waals surface area contributed by atoms with Crippen molar-refractivity contribution in [3.63, 3.8) is 0 Å². The van der Waals surface area contributed by atoms with Crippen LogP contribution in [0.2, 0.25) is 5.02 Å². The topological polar surface area (TPSA) is 134 Å². The Labute approximate surface area is 158 Å². The van der Waals surface area contributed by atoms with Crippen LogP contribution in [0, 0.1) is 6.92 Å². The van der Waals surface area contributed by atoms with Crippen molar-refractivity contribution in [3.8, 4) is 5.69 Å². The van der Waals surface area contributed by atoms with Crippen molar-refractivity contribution < 1.29 is 18.3 Å². The van der Waals surface area contributed by atoms with E-state index in [2.05, 4.69) is 14.9 Å². The first kappa shape index (κ1) is 18.7. The lowest BCUT2D eigenvalue weighted by molar-refractivity contribution is 0.0696. The summed E-state index contributed by atoms with van der Waals surface area (Å²) in [6.45, 7) is 1.51. The Morgan fingerprint density at radius 2 is 2.04 bits per heavy atom. The van der Waals surface area contributed by atoms with E-state index >= 15 is 0 Å². The maximum absolute atomic E-state index is 12.7. The molecule has 0 saturated heterocycles. The number of carbonyl (C=O) groups is 1. The van der Waals surface area contributed by atoms with Gasteiger partial charge in [0.05, 0.1) is 26.9 Å². The molecular weight excluding hydrogens is 396 g/mol. The van der Waals surface area contributed by atoms with Crippen LogP contribution in [0.3, 0.4) is 0 Å². The molecule has 140 valence electrons. The molecule has 0 amide bonds. The van der Waals surface area contributed by atoms with Crippen LogP contribution >= 0.6 is 11.6 Å². The van der Waals surface area contributed by atoms with Crippen LogP contribution in [-0.2, 0) is 10.0 Å². The number of aromatic amines is 1. The second kappa shape index (κ2) is 6.89.